The van der Waals surface area contributed by atoms with Crippen molar-refractivity contribution in [3.05, 3.63) is 256 Å². The summed E-state index contributed by atoms with van der Waals surface area (Å²) in [6, 6.07) is 40.6. The second-order valence-electron chi connectivity index (χ2n) is 33.7. The van der Waals surface area contributed by atoms with Gasteiger partial charge in [-0.05, 0) is 189 Å². The number of anilines is 4. The van der Waals surface area contributed by atoms with E-state index in [2.05, 4.69) is 216 Å². The minimum absolute atomic E-state index is 0. The van der Waals surface area contributed by atoms with Crippen LogP contribution in [-0.2, 0) is 72.9 Å². The summed E-state index contributed by atoms with van der Waals surface area (Å²) in [5.74, 6) is 1.60. The van der Waals surface area contributed by atoms with Gasteiger partial charge in [0.15, 0.2) is 17.5 Å². The molecule has 658 valence electrons. The Labute approximate surface area is 761 Å². The van der Waals surface area contributed by atoms with E-state index in [0.717, 1.165) is 146 Å². The Balaban J connectivity index is 0.000000145. The number of hydrogen-bond acceptors (Lipinski definition) is 21. The Bertz CT molecular complexity index is 6170. The van der Waals surface area contributed by atoms with Crippen LogP contribution < -0.4 is 34.2 Å². The van der Waals surface area contributed by atoms with Crippen LogP contribution >= 0.6 is 40.5 Å². The molecule has 0 aliphatic carbocycles. The van der Waals surface area contributed by atoms with Gasteiger partial charge in [0.25, 0.3) is 0 Å². The molecule has 20 rings (SSSR count). The van der Waals surface area contributed by atoms with Crippen molar-refractivity contribution in [1.29, 1.82) is 0 Å². The van der Waals surface area contributed by atoms with E-state index in [-0.39, 0.29) is 70.8 Å². The molecule has 31 heteroatoms. The van der Waals surface area contributed by atoms with Crippen LogP contribution in [-0.4, -0.2) is 206 Å². The predicted molar refractivity (Wildman–Crippen MR) is 511 cm³/mol. The van der Waals surface area contributed by atoms with E-state index in [4.69, 9.17) is 60.9 Å². The Morgan fingerprint density at radius 2 is 0.882 bits per heavy atom. The quantitative estimate of drug-likeness (QED) is 0.0550. The molecule has 0 radical (unpaired) electrons. The van der Waals surface area contributed by atoms with Crippen LogP contribution in [0.25, 0.3) is 54.6 Å². The highest BCUT2D eigenvalue weighted by atomic mass is 32.1. The number of ether oxygens (including phenoxy) is 3. The third-order valence-electron chi connectivity index (χ3n) is 25.9. The van der Waals surface area contributed by atoms with Gasteiger partial charge in [0, 0.05) is 118 Å². The number of likely N-dealkylation sites (N-methyl/N-ethyl adjacent to an activating group) is 3. The SMILES string of the molecule is C=CC(=O)N1Cc2cn(-c3nc(OC[C@@H]4CCCN4C)nc4c3CCN(c3cccc5cccc(C)c35)C4)nc2C1.C=CC(=O)Nc1cnn(-c2nc(OC[C@@H]3CCCN3C)nc3c2CCN(c2cccc4cccc(C)c24)C3)c1.S.S.S.[C-]#[N+]C[C@H]1c2cn(-c3nc(OC[C@@H]4CCCN4C)nc4c3CCN(c3cccc5cccc(C)c35)C4)nc2CN1C(=O)C=C. The number of amides is 3. The fourth-order valence-corrected chi connectivity index (χ4v) is 19.2. The van der Waals surface area contributed by atoms with Gasteiger partial charge < -0.3 is 63.6 Å². The van der Waals surface area contributed by atoms with Crippen LogP contribution in [0.1, 0.15) is 118 Å². The van der Waals surface area contributed by atoms with Gasteiger partial charge in [-0.15, -0.1) is 0 Å². The molecule has 0 unspecified atom stereocenters. The van der Waals surface area contributed by atoms with Gasteiger partial charge in [0.2, 0.25) is 24.3 Å². The first-order valence-electron chi connectivity index (χ1n) is 43.1. The first kappa shape index (κ1) is 89.6. The zero-order chi connectivity index (χ0) is 85.4. The number of benzene rings is 6. The van der Waals surface area contributed by atoms with E-state index >= 15 is 0 Å². The van der Waals surface area contributed by atoms with Crippen LogP contribution in [0.4, 0.5) is 22.7 Å². The number of nitrogens with one attached hydrogen (secondary N) is 1. The smallest absolute Gasteiger partial charge is 0.318 e. The minimum Gasteiger partial charge on any atom is -0.462 e. The summed E-state index contributed by atoms with van der Waals surface area (Å²) in [6.07, 6.45) is 20.3. The molecule has 6 aromatic carbocycles. The third kappa shape index (κ3) is 18.4. The summed E-state index contributed by atoms with van der Waals surface area (Å²) in [5, 5.41) is 24.6. The van der Waals surface area contributed by atoms with Crippen molar-refractivity contribution in [3.63, 3.8) is 0 Å². The molecule has 3 saturated heterocycles. The molecule has 8 aliphatic heterocycles. The molecule has 3 amide bonds. The van der Waals surface area contributed by atoms with Gasteiger partial charge >= 0.3 is 18.0 Å². The van der Waals surface area contributed by atoms with E-state index in [1.54, 1.807) is 26.9 Å². The number of carbonyl (C=O) groups is 3. The molecule has 6 aromatic heterocycles. The first-order chi connectivity index (χ1) is 60.4. The van der Waals surface area contributed by atoms with Crippen molar-refractivity contribution in [2.45, 2.75) is 142 Å². The van der Waals surface area contributed by atoms with Crippen LogP contribution in [0.3, 0.4) is 0 Å². The number of hydrogen-bond donors (Lipinski definition) is 1. The number of likely N-dealkylation sites (tertiary alicyclic amines) is 3. The third-order valence-corrected chi connectivity index (χ3v) is 25.9. The molecular formula is C96H110N22O6S3. The zero-order valence-electron chi connectivity index (χ0n) is 72.9. The summed E-state index contributed by atoms with van der Waals surface area (Å²) in [5.41, 5.74) is 17.6. The van der Waals surface area contributed by atoms with E-state index in [9.17, 15) is 14.4 Å². The first-order valence-corrected chi connectivity index (χ1v) is 43.1. The summed E-state index contributed by atoms with van der Waals surface area (Å²) < 4.78 is 24.1. The normalized spacial score (nSPS) is 18.1. The molecule has 3 fully saturated rings. The zero-order valence-corrected chi connectivity index (χ0v) is 75.9. The molecule has 12 aromatic rings. The monoisotopic (exact) mass is 1760 g/mol. The van der Waals surface area contributed by atoms with Crippen LogP contribution in [0.2, 0.25) is 0 Å². The average Bonchev–Trinajstić information content (AvgIpc) is 1.64. The lowest BCUT2D eigenvalue weighted by Crippen LogP contribution is -2.33. The van der Waals surface area contributed by atoms with Gasteiger partial charge in [0.1, 0.15) is 25.9 Å². The van der Waals surface area contributed by atoms with Gasteiger partial charge in [0.05, 0.1) is 79.3 Å². The summed E-state index contributed by atoms with van der Waals surface area (Å²) in [4.78, 5) is 87.3. The van der Waals surface area contributed by atoms with Crippen molar-refractivity contribution in [2.75, 3.05) is 107 Å². The topological polar surface area (TPSA) is 252 Å². The van der Waals surface area contributed by atoms with Crippen LogP contribution in [0, 0.1) is 27.3 Å². The van der Waals surface area contributed by atoms with Crippen molar-refractivity contribution in [1.82, 2.24) is 83.7 Å². The van der Waals surface area contributed by atoms with Crippen molar-refractivity contribution in [3.8, 4) is 35.5 Å². The highest BCUT2D eigenvalue weighted by molar-refractivity contribution is 7.59. The molecule has 0 saturated carbocycles. The lowest BCUT2D eigenvalue weighted by atomic mass is 10.00. The molecule has 0 bridgehead atoms. The standard InChI is InChI=1S/C34H36N8O2.C32H35N7O2.C30H33N7O2.3H2S/c1-5-31(43)41-20-28-26(30(41)17-35-3)18-42(38-28)33-25-14-16-40(29-13-7-11-23-10-6-9-22(2)32(23)29)19-27(25)36-34(37-33)44-21-24-12-8-15-39(24)4;1-4-29(40)38-16-23-17-39(35-26(23)18-38)31-25-13-15-37(28-12-6-10-22-9-5-8-21(2)30(22)28)19-27(25)33-32(34-31)41-20-24-11-7-14-36(24)3;1-4-27(38)32-22-16-31-37(17-22)29-24-13-15-36(26-12-6-10-21-9-5-8-20(2)28(21)26)18-25(24)33-30(34-29)39-19-23-11-7-14-35(23)3;;;/h5-7,9-11,13,18,24,30H,1,8,12,14-17,19-21H2,2,4H3;4-6,8-10,12,17,24H,1,7,11,13-16,18-20H2,2-3H3;4-6,8-10,12,16-17,23H,1,7,11,13-15,18-19H2,2-3H3,(H,32,38);3*1H2/t24-,30-;24-;23-;;;/m000.../s1. The summed E-state index contributed by atoms with van der Waals surface area (Å²) in [6.45, 7) is 35.6. The van der Waals surface area contributed by atoms with Crippen molar-refractivity contribution >= 4 is 113 Å². The van der Waals surface area contributed by atoms with Crippen LogP contribution in [0.15, 0.2) is 172 Å². The number of aryl methyl sites for hydroxylation is 3. The van der Waals surface area contributed by atoms with Gasteiger partial charge in [-0.3, -0.25) is 14.4 Å². The molecule has 127 heavy (non-hydrogen) atoms. The number of fused-ring (bicyclic) bond motifs is 8. The molecule has 8 aliphatic rings. The summed E-state index contributed by atoms with van der Waals surface area (Å²) in [7, 11) is 6.42. The van der Waals surface area contributed by atoms with Gasteiger partial charge in [-0.25, -0.2) is 20.6 Å². The fraction of sp³-hybridized carbons (Fsp3) is 0.365. The van der Waals surface area contributed by atoms with E-state index < -0.39 is 0 Å². The number of rotatable bonds is 20. The number of carbonyl (C=O) groups excluding carboxylic acids is 3. The molecule has 1 N–H and O–H groups in total. The second-order valence-corrected chi connectivity index (χ2v) is 33.7. The minimum atomic E-state index is -0.363. The molecule has 14 heterocycles. The average molecular weight is 1760 g/mol. The molecular weight excluding hydrogens is 1650 g/mol. The summed E-state index contributed by atoms with van der Waals surface area (Å²) >= 11 is 0. The van der Waals surface area contributed by atoms with Crippen LogP contribution in [0.5, 0.6) is 18.0 Å². The maximum absolute atomic E-state index is 12.5. The lowest BCUT2D eigenvalue weighted by molar-refractivity contribution is -0.128. The fourth-order valence-electron chi connectivity index (χ4n) is 19.2. The van der Waals surface area contributed by atoms with Gasteiger partial charge in [-0.2, -0.15) is 85.7 Å². The number of aromatic nitrogens is 12. The second kappa shape index (κ2) is 39.0. The predicted octanol–water partition coefficient (Wildman–Crippen LogP) is 13.5. The maximum atomic E-state index is 12.5. The lowest BCUT2D eigenvalue weighted by Gasteiger charge is -2.32. The van der Waals surface area contributed by atoms with E-state index in [1.807, 2.05) is 21.8 Å². The largest absolute Gasteiger partial charge is 0.462 e. The Morgan fingerprint density at radius 3 is 1.28 bits per heavy atom. The molecule has 0 spiro atoms. The Kier molecular flexibility index (Phi) is 27.5. The van der Waals surface area contributed by atoms with Crippen molar-refractivity contribution < 1.29 is 28.6 Å². The maximum Gasteiger partial charge on any atom is 0.318 e. The van der Waals surface area contributed by atoms with Gasteiger partial charge in [-0.1, -0.05) is 111 Å². The van der Waals surface area contributed by atoms with E-state index in [0.29, 0.717) is 113 Å². The highest BCUT2D eigenvalue weighted by Crippen LogP contribution is 2.41. The molecule has 4 atom stereocenters. The molecule has 28 nitrogen and oxygen atoms in total. The highest BCUT2D eigenvalue weighted by Gasteiger charge is 2.40. The number of nitrogens with zero attached hydrogens (tertiary/aromatic N) is 21. The Morgan fingerprint density at radius 1 is 0.472 bits per heavy atom. The van der Waals surface area contributed by atoms with Crippen molar-refractivity contribution in [2.24, 2.45) is 0 Å². The van der Waals surface area contributed by atoms with E-state index in [1.165, 1.54) is 97.1 Å². The Hall–Kier alpha value is -12.2.